The zero-order valence-corrected chi connectivity index (χ0v) is 22.9. The van der Waals surface area contributed by atoms with Crippen molar-refractivity contribution in [3.05, 3.63) is 107 Å². The molecule has 1 aliphatic carbocycles. The molecule has 1 N–H and O–H groups in total. The zero-order valence-electron chi connectivity index (χ0n) is 22.9. The van der Waals surface area contributed by atoms with E-state index < -0.39 is 5.97 Å². The number of benzene rings is 3. The largest absolute Gasteiger partial charge is 0.503 e. The highest BCUT2D eigenvalue weighted by atomic mass is 16.6. The first-order chi connectivity index (χ1) is 20.1. The topological polar surface area (TPSA) is 92.0 Å². The first-order valence-corrected chi connectivity index (χ1v) is 13.2. The molecular weight excluding hydrogens is 520 g/mol. The number of methoxy groups -OCH3 is 2. The van der Waals surface area contributed by atoms with Crippen LogP contribution >= 0.6 is 0 Å². The highest BCUT2D eigenvalue weighted by molar-refractivity contribution is 6.16. The number of nitrogens with one attached hydrogen (secondary N) is 1. The average molecular weight is 551 g/mol. The minimum atomic E-state index is -0.488. The average Bonchev–Trinajstić information content (AvgIpc) is 3.58. The van der Waals surface area contributed by atoms with Crippen LogP contribution < -0.4 is 10.2 Å². The third kappa shape index (κ3) is 6.11. The molecule has 8 heteroatoms. The molecule has 1 unspecified atom stereocenters. The van der Waals surface area contributed by atoms with Crippen molar-refractivity contribution < 1.29 is 28.4 Å². The number of nitrogens with zero attached hydrogens (tertiary/aromatic N) is 1. The standard InChI is InChI=1S/C33H30N2O6/c1-4-17-39-24-13-14-28-31(19-24)35-41-32(28)16-15-27-25-11-7-5-9-22(25)18-30(27)34-40-20-23-10-6-8-12-26(23)29(21-37-2)33(36)38-3/h1,5-14,18-19,21,27,34H,15-17,20H2,2-3H3. The lowest BCUT2D eigenvalue weighted by Crippen LogP contribution is -2.18. The molecule has 1 atom stereocenters. The summed E-state index contributed by atoms with van der Waals surface area (Å²) in [5.74, 6) is 3.51. The van der Waals surface area contributed by atoms with E-state index in [0.29, 0.717) is 23.3 Å². The molecule has 1 aliphatic rings. The molecule has 41 heavy (non-hydrogen) atoms. The van der Waals surface area contributed by atoms with E-state index in [2.05, 4.69) is 34.8 Å². The summed E-state index contributed by atoms with van der Waals surface area (Å²) in [7, 11) is 2.83. The molecule has 8 nitrogen and oxygen atoms in total. The van der Waals surface area contributed by atoms with Crippen LogP contribution in [0.4, 0.5) is 0 Å². The maximum Gasteiger partial charge on any atom is 0.341 e. The predicted molar refractivity (Wildman–Crippen MR) is 155 cm³/mol. The summed E-state index contributed by atoms with van der Waals surface area (Å²) in [6.07, 6.45) is 10.2. The van der Waals surface area contributed by atoms with Gasteiger partial charge < -0.3 is 18.7 Å². The second-order valence-corrected chi connectivity index (χ2v) is 9.40. The molecule has 5 rings (SSSR count). The Kier molecular flexibility index (Phi) is 8.67. The van der Waals surface area contributed by atoms with Gasteiger partial charge in [-0.1, -0.05) is 59.6 Å². The predicted octanol–water partition coefficient (Wildman–Crippen LogP) is 5.79. The smallest absolute Gasteiger partial charge is 0.341 e. The number of hydrogen-bond acceptors (Lipinski definition) is 8. The van der Waals surface area contributed by atoms with Crippen LogP contribution in [0, 0.1) is 12.3 Å². The number of carbonyl (C=O) groups is 1. The van der Waals surface area contributed by atoms with E-state index in [1.165, 1.54) is 26.0 Å². The Bertz CT molecular complexity index is 1640. The number of terminal acetylenes is 1. The van der Waals surface area contributed by atoms with Gasteiger partial charge >= 0.3 is 5.97 Å². The number of aromatic nitrogens is 1. The van der Waals surface area contributed by atoms with E-state index in [1.54, 1.807) is 0 Å². The van der Waals surface area contributed by atoms with E-state index in [-0.39, 0.29) is 19.1 Å². The molecule has 0 bridgehead atoms. The molecule has 0 saturated heterocycles. The molecular formula is C33H30N2O6. The highest BCUT2D eigenvalue weighted by Gasteiger charge is 2.26. The van der Waals surface area contributed by atoms with Gasteiger partial charge in [-0.05, 0) is 46.9 Å². The molecule has 0 aliphatic heterocycles. The number of esters is 1. The third-order valence-corrected chi connectivity index (χ3v) is 6.93. The quantitative estimate of drug-likeness (QED) is 0.0779. The fourth-order valence-corrected chi connectivity index (χ4v) is 5.01. The molecule has 208 valence electrons. The molecule has 3 aromatic carbocycles. The number of aryl methyl sites for hydroxylation is 1. The zero-order chi connectivity index (χ0) is 28.6. The first kappa shape index (κ1) is 27.6. The van der Waals surface area contributed by atoms with Crippen LogP contribution in [0.1, 0.15) is 40.4 Å². The van der Waals surface area contributed by atoms with Gasteiger partial charge in [0.05, 0.1) is 20.5 Å². The number of carbonyl (C=O) groups excluding carboxylic acids is 1. The molecule has 0 saturated carbocycles. The Labute approximate surface area is 238 Å². The number of ether oxygens (including phenoxy) is 3. The van der Waals surface area contributed by atoms with E-state index in [4.69, 9.17) is 30.0 Å². The van der Waals surface area contributed by atoms with Crippen LogP contribution in [0.15, 0.2) is 83.2 Å². The van der Waals surface area contributed by atoms with Crippen LogP contribution in [-0.2, 0) is 32.1 Å². The Balaban J connectivity index is 1.29. The van der Waals surface area contributed by atoms with Crippen LogP contribution in [-0.4, -0.2) is 32.0 Å². The van der Waals surface area contributed by atoms with Crippen molar-refractivity contribution in [1.82, 2.24) is 10.6 Å². The van der Waals surface area contributed by atoms with Gasteiger partial charge in [0.1, 0.15) is 35.8 Å². The second-order valence-electron chi connectivity index (χ2n) is 9.40. The monoisotopic (exact) mass is 550 g/mol. The van der Waals surface area contributed by atoms with Crippen LogP contribution in [0.25, 0.3) is 22.6 Å². The first-order valence-electron chi connectivity index (χ1n) is 13.2. The van der Waals surface area contributed by atoms with Gasteiger partial charge in [0.15, 0.2) is 0 Å². The van der Waals surface area contributed by atoms with Crippen molar-refractivity contribution in [2.75, 3.05) is 20.8 Å². The van der Waals surface area contributed by atoms with E-state index in [0.717, 1.165) is 39.9 Å². The normalized spacial score (nSPS) is 14.2. The SMILES string of the molecule is C#CCOc1ccc2c(CCC3C(NOCc4ccccc4C(=COC)C(=O)OC)=Cc4ccccc43)onc2c1. The Morgan fingerprint density at radius 3 is 2.78 bits per heavy atom. The third-order valence-electron chi connectivity index (χ3n) is 6.93. The number of fused-ring (bicyclic) bond motifs is 2. The highest BCUT2D eigenvalue weighted by Crippen LogP contribution is 2.38. The number of hydrogen-bond donors (Lipinski definition) is 1. The van der Waals surface area contributed by atoms with Gasteiger partial charge in [-0.15, -0.1) is 6.42 Å². The Morgan fingerprint density at radius 2 is 1.95 bits per heavy atom. The van der Waals surface area contributed by atoms with Gasteiger partial charge in [-0.25, -0.2) is 4.79 Å². The van der Waals surface area contributed by atoms with E-state index in [1.807, 2.05) is 54.6 Å². The van der Waals surface area contributed by atoms with Gasteiger partial charge in [0.2, 0.25) is 0 Å². The summed E-state index contributed by atoms with van der Waals surface area (Å²) in [5.41, 5.74) is 8.99. The number of rotatable bonds is 12. The minimum Gasteiger partial charge on any atom is -0.503 e. The molecule has 0 radical (unpaired) electrons. The summed E-state index contributed by atoms with van der Waals surface area (Å²) < 4.78 is 21.3. The Hall–Kier alpha value is -5.00. The molecule has 0 spiro atoms. The van der Waals surface area contributed by atoms with Gasteiger partial charge in [0, 0.05) is 29.5 Å². The maximum atomic E-state index is 12.4. The second kappa shape index (κ2) is 12.9. The molecule has 1 aromatic heterocycles. The van der Waals surface area contributed by atoms with Gasteiger partial charge in [0.25, 0.3) is 0 Å². The number of allylic oxidation sites excluding steroid dienone is 1. The van der Waals surface area contributed by atoms with Crippen LogP contribution in [0.3, 0.4) is 0 Å². The van der Waals surface area contributed by atoms with Gasteiger partial charge in [-0.3, -0.25) is 10.3 Å². The lowest BCUT2D eigenvalue weighted by Gasteiger charge is -2.18. The Morgan fingerprint density at radius 1 is 1.12 bits per heavy atom. The maximum absolute atomic E-state index is 12.4. The van der Waals surface area contributed by atoms with Crippen LogP contribution in [0.5, 0.6) is 5.75 Å². The molecule has 0 fully saturated rings. The van der Waals surface area contributed by atoms with Crippen molar-refractivity contribution in [1.29, 1.82) is 0 Å². The summed E-state index contributed by atoms with van der Waals surface area (Å²) in [4.78, 5) is 18.4. The van der Waals surface area contributed by atoms with Crippen molar-refractivity contribution in [3.8, 4) is 18.1 Å². The lowest BCUT2D eigenvalue weighted by atomic mass is 9.93. The summed E-state index contributed by atoms with van der Waals surface area (Å²) in [5, 5.41) is 5.17. The number of hydroxylamine groups is 1. The lowest BCUT2D eigenvalue weighted by molar-refractivity contribution is -0.133. The van der Waals surface area contributed by atoms with Crippen molar-refractivity contribution in [2.45, 2.75) is 25.4 Å². The summed E-state index contributed by atoms with van der Waals surface area (Å²) in [6, 6.07) is 21.4. The van der Waals surface area contributed by atoms with E-state index in [9.17, 15) is 4.79 Å². The summed E-state index contributed by atoms with van der Waals surface area (Å²) >= 11 is 0. The van der Waals surface area contributed by atoms with Gasteiger partial charge in [-0.2, -0.15) is 0 Å². The molecule has 0 amide bonds. The van der Waals surface area contributed by atoms with Crippen molar-refractivity contribution in [2.24, 2.45) is 0 Å². The fraction of sp³-hybridized carbons (Fsp3) is 0.212. The van der Waals surface area contributed by atoms with Crippen LogP contribution in [0.2, 0.25) is 0 Å². The van der Waals surface area contributed by atoms with Crippen molar-refractivity contribution in [3.63, 3.8) is 0 Å². The van der Waals surface area contributed by atoms with Crippen molar-refractivity contribution >= 4 is 28.5 Å². The minimum absolute atomic E-state index is 0.0684. The summed E-state index contributed by atoms with van der Waals surface area (Å²) in [6.45, 7) is 0.412. The fourth-order valence-electron chi connectivity index (χ4n) is 5.01. The molecule has 4 aromatic rings. The van der Waals surface area contributed by atoms with E-state index >= 15 is 0 Å². The molecule has 1 heterocycles.